The normalized spacial score (nSPS) is 10.6. The third-order valence-electron chi connectivity index (χ3n) is 3.31. The van der Waals surface area contributed by atoms with Crippen LogP contribution in [0.15, 0.2) is 24.3 Å². The van der Waals surface area contributed by atoms with Gasteiger partial charge in [-0.15, -0.1) is 0 Å². The van der Waals surface area contributed by atoms with Gasteiger partial charge in [-0.3, -0.25) is 4.79 Å². The molecule has 0 aliphatic carbocycles. The highest BCUT2D eigenvalue weighted by molar-refractivity contribution is 6.01. The van der Waals surface area contributed by atoms with Gasteiger partial charge in [-0.05, 0) is 31.0 Å². The molecule has 116 valence electrons. The number of ketones is 1. The number of carbonyl (C=O) groups excluding carboxylic acids is 1. The highest BCUT2D eigenvalue weighted by Crippen LogP contribution is 2.34. The van der Waals surface area contributed by atoms with Gasteiger partial charge < -0.3 is 25.5 Å². The zero-order valence-corrected chi connectivity index (χ0v) is 11.9. The van der Waals surface area contributed by atoms with Gasteiger partial charge in [0.2, 0.25) is 0 Å². The summed E-state index contributed by atoms with van der Waals surface area (Å²) in [6.45, 7) is 1.71. The molecule has 0 radical (unpaired) electrons. The minimum atomic E-state index is -0.575. The Morgan fingerprint density at radius 3 is 1.86 bits per heavy atom. The minimum absolute atomic E-state index is 0.0382. The van der Waals surface area contributed by atoms with E-state index < -0.39 is 17.3 Å². The molecule has 6 heteroatoms. The van der Waals surface area contributed by atoms with Crippen LogP contribution < -0.4 is 0 Å². The molecule has 2 rings (SSSR count). The number of hydrogen-bond acceptors (Lipinski definition) is 6. The van der Waals surface area contributed by atoms with Gasteiger partial charge in [-0.2, -0.15) is 0 Å². The number of phenols is 5. The van der Waals surface area contributed by atoms with Crippen molar-refractivity contribution in [3.63, 3.8) is 0 Å². The van der Waals surface area contributed by atoms with Crippen molar-refractivity contribution in [3.8, 4) is 28.7 Å². The lowest BCUT2D eigenvalue weighted by Crippen LogP contribution is -2.03. The second-order valence-electron chi connectivity index (χ2n) is 5.06. The van der Waals surface area contributed by atoms with Crippen molar-refractivity contribution in [2.24, 2.45) is 0 Å². The summed E-state index contributed by atoms with van der Waals surface area (Å²) in [4.78, 5) is 12.1. The lowest BCUT2D eigenvalue weighted by atomic mass is 9.99. The molecule has 0 aliphatic heterocycles. The topological polar surface area (TPSA) is 118 Å². The molecule has 0 aromatic heterocycles. The molecule has 0 saturated heterocycles. The van der Waals surface area contributed by atoms with Gasteiger partial charge in [0.05, 0.1) is 0 Å². The van der Waals surface area contributed by atoms with Gasteiger partial charge in [0, 0.05) is 24.1 Å². The quantitative estimate of drug-likeness (QED) is 0.553. The van der Waals surface area contributed by atoms with Gasteiger partial charge in [-0.25, -0.2) is 0 Å². The molecule has 0 heterocycles. The third kappa shape index (κ3) is 3.06. The molecule has 6 nitrogen and oxygen atoms in total. The molecule has 0 bridgehead atoms. The molecular formula is C16H16O6. The first-order valence-corrected chi connectivity index (χ1v) is 6.59. The largest absolute Gasteiger partial charge is 0.508 e. The van der Waals surface area contributed by atoms with E-state index >= 15 is 0 Å². The lowest BCUT2D eigenvalue weighted by Gasteiger charge is -2.10. The number of phenolic OH excluding ortho intramolecular Hbond substituents is 5. The van der Waals surface area contributed by atoms with Gasteiger partial charge in [0.1, 0.15) is 34.3 Å². The maximum atomic E-state index is 12.1. The van der Waals surface area contributed by atoms with Crippen LogP contribution in [-0.2, 0) is 6.42 Å². The molecule has 0 unspecified atom stereocenters. The maximum Gasteiger partial charge on any atom is 0.170 e. The zero-order chi connectivity index (χ0) is 16.4. The second kappa shape index (κ2) is 5.85. The summed E-state index contributed by atoms with van der Waals surface area (Å²) in [7, 11) is 0. The Labute approximate surface area is 126 Å². The van der Waals surface area contributed by atoms with Crippen molar-refractivity contribution in [1.82, 2.24) is 0 Å². The van der Waals surface area contributed by atoms with Crippen LogP contribution in [0.3, 0.4) is 0 Å². The van der Waals surface area contributed by atoms with Gasteiger partial charge in [-0.1, -0.05) is 0 Å². The predicted molar refractivity (Wildman–Crippen MR) is 78.6 cm³/mol. The zero-order valence-electron chi connectivity index (χ0n) is 11.9. The maximum absolute atomic E-state index is 12.1. The number of rotatable bonds is 4. The van der Waals surface area contributed by atoms with Gasteiger partial charge in [0.15, 0.2) is 5.78 Å². The number of aryl methyl sites for hydroxylation is 1. The summed E-state index contributed by atoms with van der Waals surface area (Å²) in [5, 5.41) is 48.1. The molecule has 0 aliphatic rings. The Hall–Kier alpha value is -2.89. The van der Waals surface area contributed by atoms with E-state index in [1.165, 1.54) is 12.1 Å². The average Bonchev–Trinajstić information content (AvgIpc) is 2.35. The number of Topliss-reactive ketones (excluding diaryl/α,β-unsaturated/α-hetero) is 1. The summed E-state index contributed by atoms with van der Waals surface area (Å²) in [5.41, 5.74) is 0.597. The van der Waals surface area contributed by atoms with Crippen LogP contribution in [0.4, 0.5) is 0 Å². The van der Waals surface area contributed by atoms with E-state index in [-0.39, 0.29) is 41.2 Å². The fourth-order valence-corrected chi connectivity index (χ4v) is 2.28. The molecule has 0 spiro atoms. The van der Waals surface area contributed by atoms with Crippen molar-refractivity contribution in [2.75, 3.05) is 0 Å². The van der Waals surface area contributed by atoms with Crippen molar-refractivity contribution in [3.05, 3.63) is 41.0 Å². The summed E-state index contributed by atoms with van der Waals surface area (Å²) in [6.07, 6.45) is -0.105. The highest BCUT2D eigenvalue weighted by atomic mass is 16.3. The van der Waals surface area contributed by atoms with Crippen molar-refractivity contribution in [2.45, 2.75) is 19.8 Å². The smallest absolute Gasteiger partial charge is 0.170 e. The van der Waals surface area contributed by atoms with Crippen LogP contribution in [0.25, 0.3) is 0 Å². The molecule has 0 saturated carbocycles. The van der Waals surface area contributed by atoms with E-state index in [0.717, 1.165) is 12.1 Å². The van der Waals surface area contributed by atoms with Gasteiger partial charge in [0.25, 0.3) is 0 Å². The van der Waals surface area contributed by atoms with Crippen LogP contribution in [0.5, 0.6) is 28.7 Å². The molecule has 0 atom stereocenters. The molecule has 0 amide bonds. The van der Waals surface area contributed by atoms with Gasteiger partial charge >= 0.3 is 0 Å². The average molecular weight is 304 g/mol. The lowest BCUT2D eigenvalue weighted by molar-refractivity contribution is 0.0977. The van der Waals surface area contributed by atoms with E-state index in [2.05, 4.69) is 0 Å². The first-order chi connectivity index (χ1) is 10.3. The van der Waals surface area contributed by atoms with E-state index in [4.69, 9.17) is 0 Å². The summed E-state index contributed by atoms with van der Waals surface area (Å²) in [6, 6.07) is 4.84. The third-order valence-corrected chi connectivity index (χ3v) is 3.31. The standard InChI is InChI=1S/C16H16O6/c1-8-4-12(19)10(13(20)5-8)2-3-11(18)16-14(21)6-9(17)7-15(16)22/h4-7,17,19-22H,2-3H2,1H3. The van der Waals surface area contributed by atoms with Crippen LogP contribution in [0.1, 0.15) is 27.9 Å². The van der Waals surface area contributed by atoms with Crippen molar-refractivity contribution in [1.29, 1.82) is 0 Å². The van der Waals surface area contributed by atoms with E-state index in [1.807, 2.05) is 0 Å². The molecule has 0 fully saturated rings. The fraction of sp³-hybridized carbons (Fsp3) is 0.188. The van der Waals surface area contributed by atoms with Crippen molar-refractivity contribution >= 4 is 5.78 Å². The second-order valence-corrected chi connectivity index (χ2v) is 5.06. The van der Waals surface area contributed by atoms with Crippen molar-refractivity contribution < 1.29 is 30.3 Å². The summed E-state index contributed by atoms with van der Waals surface area (Å²) < 4.78 is 0. The Bertz CT molecular complexity index is 689. The molecule has 2 aromatic carbocycles. The Morgan fingerprint density at radius 2 is 1.36 bits per heavy atom. The fourth-order valence-electron chi connectivity index (χ4n) is 2.28. The predicted octanol–water partition coefficient (Wildman–Crippen LogP) is 2.34. The highest BCUT2D eigenvalue weighted by Gasteiger charge is 2.19. The number of benzene rings is 2. The Balaban J connectivity index is 2.21. The van der Waals surface area contributed by atoms with Crippen LogP contribution >= 0.6 is 0 Å². The summed E-state index contributed by atoms with van der Waals surface area (Å²) >= 11 is 0. The first-order valence-electron chi connectivity index (χ1n) is 6.59. The SMILES string of the molecule is Cc1cc(O)c(CCC(=O)c2c(O)cc(O)cc2O)c(O)c1. The Morgan fingerprint density at radius 1 is 0.864 bits per heavy atom. The monoisotopic (exact) mass is 304 g/mol. The molecule has 2 aromatic rings. The molecular weight excluding hydrogens is 288 g/mol. The molecule has 5 N–H and O–H groups in total. The number of aromatic hydroxyl groups is 5. The minimum Gasteiger partial charge on any atom is -0.508 e. The Kier molecular flexibility index (Phi) is 4.12. The van der Waals surface area contributed by atoms with E-state index in [0.29, 0.717) is 5.56 Å². The number of hydrogen-bond donors (Lipinski definition) is 5. The first kappa shape index (κ1) is 15.5. The van der Waals surface area contributed by atoms with Crippen LogP contribution in [0, 0.1) is 6.92 Å². The van der Waals surface area contributed by atoms with Crippen LogP contribution in [0.2, 0.25) is 0 Å². The number of carbonyl (C=O) groups is 1. The van der Waals surface area contributed by atoms with E-state index in [1.54, 1.807) is 6.92 Å². The van der Waals surface area contributed by atoms with Crippen LogP contribution in [-0.4, -0.2) is 31.3 Å². The summed E-state index contributed by atoms with van der Waals surface area (Å²) in [5.74, 6) is -2.23. The van der Waals surface area contributed by atoms with E-state index in [9.17, 15) is 30.3 Å². The molecule has 22 heavy (non-hydrogen) atoms.